The fourth-order valence-corrected chi connectivity index (χ4v) is 10.2. The standard InChI is InChI=1S/C60H41N3O/c1-38-32-55(41-18-7-4-8-19-41)61-37-50(38)44-21-15-20-42(33-44)43-28-30-58-53(34-43)60(51-26-13-11-23-47(51)48-24-12-14-27-52(48)60)54-35-45(29-31-59(54)64-58)56-36-57(63-39(2)62-56)49-25-10-9-22-46(49)40-16-5-3-6-17-40/h3-37H,1-2H3. The first-order valence-corrected chi connectivity index (χ1v) is 21.8. The van der Waals surface area contributed by atoms with Gasteiger partial charge in [-0.15, -0.1) is 0 Å². The molecule has 0 amide bonds. The van der Waals surface area contributed by atoms with Crippen LogP contribution in [0.3, 0.4) is 0 Å². The molecule has 0 atom stereocenters. The number of pyridine rings is 1. The molecule has 3 heterocycles. The van der Waals surface area contributed by atoms with E-state index in [0.29, 0.717) is 5.82 Å². The highest BCUT2D eigenvalue weighted by atomic mass is 16.5. The van der Waals surface area contributed by atoms with Crippen LogP contribution in [-0.4, -0.2) is 15.0 Å². The van der Waals surface area contributed by atoms with E-state index in [1.165, 1.54) is 27.8 Å². The molecule has 4 heteroatoms. The van der Waals surface area contributed by atoms with Gasteiger partial charge in [0.25, 0.3) is 0 Å². The third kappa shape index (κ3) is 6.02. The summed E-state index contributed by atoms with van der Waals surface area (Å²) in [7, 11) is 0. The van der Waals surface area contributed by atoms with Gasteiger partial charge in [0.05, 0.1) is 22.5 Å². The van der Waals surface area contributed by atoms with Crippen LogP contribution in [0.15, 0.2) is 212 Å². The van der Waals surface area contributed by atoms with E-state index in [1.54, 1.807) is 0 Å². The summed E-state index contributed by atoms with van der Waals surface area (Å²) in [4.78, 5) is 15.0. The summed E-state index contributed by atoms with van der Waals surface area (Å²) < 4.78 is 6.97. The third-order valence-corrected chi connectivity index (χ3v) is 13.0. The Morgan fingerprint density at radius 3 is 1.56 bits per heavy atom. The first-order chi connectivity index (χ1) is 31.5. The number of benzene rings is 8. The van der Waals surface area contributed by atoms with Crippen molar-refractivity contribution in [2.24, 2.45) is 0 Å². The van der Waals surface area contributed by atoms with Crippen LogP contribution in [-0.2, 0) is 5.41 Å². The maximum atomic E-state index is 6.97. The van der Waals surface area contributed by atoms with Gasteiger partial charge in [0.15, 0.2) is 0 Å². The molecule has 0 saturated carbocycles. The molecule has 4 nitrogen and oxygen atoms in total. The molecule has 302 valence electrons. The van der Waals surface area contributed by atoms with E-state index in [1.807, 2.05) is 19.2 Å². The highest BCUT2D eigenvalue weighted by Crippen LogP contribution is 2.62. The Labute approximate surface area is 373 Å². The number of fused-ring (bicyclic) bond motifs is 9. The van der Waals surface area contributed by atoms with E-state index in [2.05, 4.69) is 207 Å². The van der Waals surface area contributed by atoms with Gasteiger partial charge in [-0.1, -0.05) is 158 Å². The van der Waals surface area contributed by atoms with Crippen LogP contribution in [0.2, 0.25) is 0 Å². The minimum absolute atomic E-state index is 0.668. The number of aryl methyl sites for hydroxylation is 2. The second kappa shape index (κ2) is 15.0. The molecule has 1 aliphatic carbocycles. The fourth-order valence-electron chi connectivity index (χ4n) is 10.2. The van der Waals surface area contributed by atoms with Gasteiger partial charge in [-0.25, -0.2) is 9.97 Å². The molecule has 10 aromatic rings. The van der Waals surface area contributed by atoms with Crippen molar-refractivity contribution in [2.45, 2.75) is 19.3 Å². The first-order valence-electron chi connectivity index (χ1n) is 21.8. The Bertz CT molecular complexity index is 3400. The lowest BCUT2D eigenvalue weighted by molar-refractivity contribution is 0.436. The van der Waals surface area contributed by atoms with E-state index >= 15 is 0 Å². The van der Waals surface area contributed by atoms with Gasteiger partial charge in [0.2, 0.25) is 0 Å². The number of hydrogen-bond donors (Lipinski definition) is 0. The van der Waals surface area contributed by atoms with Crippen molar-refractivity contribution >= 4 is 0 Å². The zero-order valence-electron chi connectivity index (χ0n) is 35.5. The average Bonchev–Trinajstić information content (AvgIpc) is 3.65. The van der Waals surface area contributed by atoms with E-state index in [9.17, 15) is 0 Å². The van der Waals surface area contributed by atoms with Gasteiger partial charge in [0.1, 0.15) is 17.3 Å². The molecule has 64 heavy (non-hydrogen) atoms. The monoisotopic (exact) mass is 819 g/mol. The van der Waals surface area contributed by atoms with Crippen molar-refractivity contribution in [1.82, 2.24) is 15.0 Å². The maximum absolute atomic E-state index is 6.97. The number of hydrogen-bond acceptors (Lipinski definition) is 4. The van der Waals surface area contributed by atoms with Crippen LogP contribution in [0.4, 0.5) is 0 Å². The number of rotatable bonds is 6. The van der Waals surface area contributed by atoms with Gasteiger partial charge in [-0.05, 0) is 118 Å². The smallest absolute Gasteiger partial charge is 0.132 e. The Morgan fingerprint density at radius 1 is 0.344 bits per heavy atom. The van der Waals surface area contributed by atoms with Crippen LogP contribution in [0.1, 0.15) is 33.6 Å². The van der Waals surface area contributed by atoms with Gasteiger partial charge >= 0.3 is 0 Å². The highest BCUT2D eigenvalue weighted by molar-refractivity contribution is 5.90. The molecular weight excluding hydrogens is 779 g/mol. The zero-order valence-corrected chi connectivity index (χ0v) is 35.5. The van der Waals surface area contributed by atoms with Crippen molar-refractivity contribution < 1.29 is 4.74 Å². The summed E-state index contributed by atoms with van der Waals surface area (Å²) in [6.45, 7) is 4.15. The van der Waals surface area contributed by atoms with Crippen molar-refractivity contribution in [3.8, 4) is 89.8 Å². The molecule has 0 saturated heterocycles. The van der Waals surface area contributed by atoms with Crippen LogP contribution in [0.5, 0.6) is 11.5 Å². The fraction of sp³-hybridized carbons (Fsp3) is 0.0500. The topological polar surface area (TPSA) is 47.9 Å². The molecule has 8 aromatic carbocycles. The lowest BCUT2D eigenvalue weighted by atomic mass is 9.65. The van der Waals surface area contributed by atoms with E-state index in [-0.39, 0.29) is 0 Å². The lowest BCUT2D eigenvalue weighted by Crippen LogP contribution is -2.32. The normalized spacial score (nSPS) is 12.8. The Morgan fingerprint density at radius 2 is 0.875 bits per heavy atom. The molecule has 0 N–H and O–H groups in total. The molecule has 2 aromatic heterocycles. The van der Waals surface area contributed by atoms with Crippen LogP contribution >= 0.6 is 0 Å². The lowest BCUT2D eigenvalue weighted by Gasteiger charge is -2.40. The zero-order chi connectivity index (χ0) is 42.8. The first kappa shape index (κ1) is 37.5. The quantitative estimate of drug-likeness (QED) is 0.168. The van der Waals surface area contributed by atoms with Crippen LogP contribution in [0.25, 0.3) is 78.3 Å². The summed E-state index contributed by atoms with van der Waals surface area (Å²) in [5.74, 6) is 2.40. The summed E-state index contributed by atoms with van der Waals surface area (Å²) >= 11 is 0. The SMILES string of the molecule is Cc1nc(-c2ccc3c(c2)C2(c4cc(-c5cccc(-c6cnc(-c7ccccc7)cc6C)c5)ccc4O3)c3ccccc3-c3ccccc32)cc(-c2ccccc2-c2ccccc2)n1. The Hall–Kier alpha value is -8.21. The van der Waals surface area contributed by atoms with Gasteiger partial charge in [0, 0.05) is 39.6 Å². The van der Waals surface area contributed by atoms with Crippen molar-refractivity contribution in [3.63, 3.8) is 0 Å². The van der Waals surface area contributed by atoms with E-state index < -0.39 is 5.41 Å². The number of ether oxygens (including phenoxy) is 1. The molecule has 2 aliphatic rings. The van der Waals surface area contributed by atoms with E-state index in [0.717, 1.165) is 89.8 Å². The molecule has 1 spiro atoms. The predicted molar refractivity (Wildman–Crippen MR) is 259 cm³/mol. The minimum atomic E-state index is -0.668. The summed E-state index contributed by atoms with van der Waals surface area (Å²) in [6, 6.07) is 73.6. The van der Waals surface area contributed by atoms with Gasteiger partial charge in [-0.3, -0.25) is 4.98 Å². The van der Waals surface area contributed by atoms with Crippen molar-refractivity contribution in [1.29, 1.82) is 0 Å². The van der Waals surface area contributed by atoms with Crippen molar-refractivity contribution in [3.05, 3.63) is 246 Å². The summed E-state index contributed by atoms with van der Waals surface area (Å²) in [5, 5.41) is 0. The molecule has 0 bridgehead atoms. The molecular formula is C60H41N3O. The van der Waals surface area contributed by atoms with Crippen LogP contribution < -0.4 is 4.74 Å². The maximum Gasteiger partial charge on any atom is 0.132 e. The molecule has 1 aliphatic heterocycles. The molecule has 0 fully saturated rings. The summed E-state index contributed by atoms with van der Waals surface area (Å²) in [6.07, 6.45) is 2.01. The largest absolute Gasteiger partial charge is 0.457 e. The van der Waals surface area contributed by atoms with Gasteiger partial charge < -0.3 is 4.74 Å². The highest BCUT2D eigenvalue weighted by Gasteiger charge is 2.51. The molecule has 0 unspecified atom stereocenters. The number of aromatic nitrogens is 3. The summed E-state index contributed by atoms with van der Waals surface area (Å²) in [5.41, 5.74) is 20.3. The van der Waals surface area contributed by atoms with Gasteiger partial charge in [-0.2, -0.15) is 0 Å². The number of nitrogens with zero attached hydrogens (tertiary/aromatic N) is 3. The van der Waals surface area contributed by atoms with E-state index in [4.69, 9.17) is 19.7 Å². The Kier molecular flexibility index (Phi) is 8.80. The van der Waals surface area contributed by atoms with Crippen LogP contribution in [0, 0.1) is 13.8 Å². The van der Waals surface area contributed by atoms with Crippen molar-refractivity contribution in [2.75, 3.05) is 0 Å². The minimum Gasteiger partial charge on any atom is -0.457 e. The average molecular weight is 820 g/mol. The molecule has 0 radical (unpaired) electrons. The second-order valence-corrected chi connectivity index (χ2v) is 16.8. The second-order valence-electron chi connectivity index (χ2n) is 16.8. The third-order valence-electron chi connectivity index (χ3n) is 13.0. The molecule has 12 rings (SSSR count). The predicted octanol–water partition coefficient (Wildman–Crippen LogP) is 15.0. The Balaban J connectivity index is 1.02.